The van der Waals surface area contributed by atoms with Crippen LogP contribution in [-0.2, 0) is 35.7 Å². The Kier molecular flexibility index (Phi) is 3.51. The lowest BCUT2D eigenvalue weighted by atomic mass is 9.98. The molecule has 0 spiro atoms. The molecule has 0 aliphatic heterocycles. The van der Waals surface area contributed by atoms with Crippen LogP contribution in [0.25, 0.3) is 0 Å². The van der Waals surface area contributed by atoms with E-state index in [2.05, 4.69) is 11.4 Å². The van der Waals surface area contributed by atoms with Crippen molar-refractivity contribution in [3.8, 4) is 0 Å². The van der Waals surface area contributed by atoms with E-state index in [1.165, 1.54) is 34.4 Å². The lowest BCUT2D eigenvalue weighted by molar-refractivity contribution is 0.0991. The number of hydrogen-bond acceptors (Lipinski definition) is 4. The molecule has 7 heteroatoms. The third kappa shape index (κ3) is 2.53. The van der Waals surface area contributed by atoms with Gasteiger partial charge in [0.25, 0.3) is 15.9 Å². The molecule has 0 saturated heterocycles. The van der Waals surface area contributed by atoms with Gasteiger partial charge in [0, 0.05) is 5.69 Å². The first-order chi connectivity index (χ1) is 11.4. The molecule has 0 radical (unpaired) electrons. The van der Waals surface area contributed by atoms with Gasteiger partial charge in [-0.05, 0) is 72.9 Å². The van der Waals surface area contributed by atoms with Crippen LogP contribution in [0.15, 0.2) is 27.7 Å². The predicted octanol–water partition coefficient (Wildman–Crippen LogP) is 2.16. The van der Waals surface area contributed by atoms with Crippen LogP contribution in [0.3, 0.4) is 0 Å². The number of sulfonamides is 1. The SMILES string of the molecule is NS(=O)(=O)c1ccc(C(=O)Nc2c3c(cc4c2CCC4)CCC3)o1. The van der Waals surface area contributed by atoms with E-state index in [4.69, 9.17) is 9.56 Å². The van der Waals surface area contributed by atoms with Gasteiger partial charge in [0.15, 0.2) is 5.76 Å². The summed E-state index contributed by atoms with van der Waals surface area (Å²) in [7, 11) is -3.95. The molecule has 2 aliphatic carbocycles. The minimum atomic E-state index is -3.95. The summed E-state index contributed by atoms with van der Waals surface area (Å²) in [4.78, 5) is 12.5. The number of fused-ring (bicyclic) bond motifs is 2. The number of carbonyl (C=O) groups is 1. The zero-order chi connectivity index (χ0) is 16.9. The van der Waals surface area contributed by atoms with Crippen LogP contribution in [0, 0.1) is 0 Å². The second-order valence-corrected chi connectivity index (χ2v) is 7.84. The van der Waals surface area contributed by atoms with Gasteiger partial charge in [0.1, 0.15) is 0 Å². The average Bonchev–Trinajstić information content (AvgIpc) is 3.25. The summed E-state index contributed by atoms with van der Waals surface area (Å²) >= 11 is 0. The van der Waals surface area contributed by atoms with Crippen LogP contribution in [0.4, 0.5) is 5.69 Å². The van der Waals surface area contributed by atoms with Gasteiger partial charge in [-0.1, -0.05) is 6.07 Å². The van der Waals surface area contributed by atoms with Gasteiger partial charge in [0.05, 0.1) is 0 Å². The zero-order valence-electron chi connectivity index (χ0n) is 13.1. The fraction of sp³-hybridized carbons (Fsp3) is 0.353. The molecule has 3 N–H and O–H groups in total. The largest absolute Gasteiger partial charge is 0.438 e. The van der Waals surface area contributed by atoms with Crippen molar-refractivity contribution in [2.24, 2.45) is 5.14 Å². The van der Waals surface area contributed by atoms with Gasteiger partial charge < -0.3 is 9.73 Å². The number of benzene rings is 1. The molecule has 1 aromatic carbocycles. The van der Waals surface area contributed by atoms with Crippen LogP contribution in [0.5, 0.6) is 0 Å². The van der Waals surface area contributed by atoms with E-state index >= 15 is 0 Å². The molecule has 4 rings (SSSR count). The topological polar surface area (TPSA) is 102 Å². The standard InChI is InChI=1S/C17H18N2O4S/c18-24(21,22)15-8-7-14(23-15)17(20)19-16-12-5-1-3-10(12)9-11-4-2-6-13(11)16/h7-9H,1-6H2,(H,19,20)(H2,18,21,22). The highest BCUT2D eigenvalue weighted by Gasteiger charge is 2.26. The smallest absolute Gasteiger partial charge is 0.291 e. The Labute approximate surface area is 140 Å². The molecule has 1 heterocycles. The maximum Gasteiger partial charge on any atom is 0.291 e. The Morgan fingerprint density at radius 2 is 1.67 bits per heavy atom. The maximum absolute atomic E-state index is 12.5. The number of aryl methyl sites for hydroxylation is 2. The Morgan fingerprint density at radius 3 is 2.21 bits per heavy atom. The molecule has 0 atom stereocenters. The molecular formula is C17H18N2O4S. The van der Waals surface area contributed by atoms with Crippen LogP contribution in [0.1, 0.15) is 45.7 Å². The first kappa shape index (κ1) is 15.4. The minimum absolute atomic E-state index is 0.0543. The summed E-state index contributed by atoms with van der Waals surface area (Å²) in [5.74, 6) is -0.499. The number of nitrogens with two attached hydrogens (primary N) is 1. The number of furan rings is 1. The van der Waals surface area contributed by atoms with Crippen molar-refractivity contribution in [3.63, 3.8) is 0 Å². The number of carbonyl (C=O) groups excluding carboxylic acids is 1. The number of amides is 1. The zero-order valence-corrected chi connectivity index (χ0v) is 13.9. The molecule has 0 fully saturated rings. The normalized spacial score (nSPS) is 16.0. The number of primary sulfonamides is 1. The Hall–Kier alpha value is -2.12. The second-order valence-electron chi connectivity index (χ2n) is 6.35. The molecule has 0 unspecified atom stereocenters. The quantitative estimate of drug-likeness (QED) is 0.889. The van der Waals surface area contributed by atoms with Crippen molar-refractivity contribution < 1.29 is 17.6 Å². The highest BCUT2D eigenvalue weighted by molar-refractivity contribution is 7.89. The summed E-state index contributed by atoms with van der Waals surface area (Å²) < 4.78 is 27.7. The molecule has 6 nitrogen and oxygen atoms in total. The number of nitrogens with one attached hydrogen (secondary N) is 1. The molecular weight excluding hydrogens is 328 g/mol. The average molecular weight is 346 g/mol. The van der Waals surface area contributed by atoms with Crippen LogP contribution < -0.4 is 10.5 Å². The molecule has 24 heavy (non-hydrogen) atoms. The minimum Gasteiger partial charge on any atom is -0.438 e. The van der Waals surface area contributed by atoms with Crippen molar-refractivity contribution in [2.45, 2.75) is 43.6 Å². The Balaban J connectivity index is 1.69. The lowest BCUT2D eigenvalue weighted by Gasteiger charge is -2.15. The molecule has 0 bridgehead atoms. The molecule has 1 amide bonds. The number of anilines is 1. The van der Waals surface area contributed by atoms with E-state index in [1.807, 2.05) is 0 Å². The van der Waals surface area contributed by atoms with E-state index in [0.29, 0.717) is 0 Å². The van der Waals surface area contributed by atoms with Crippen molar-refractivity contribution in [2.75, 3.05) is 5.32 Å². The fourth-order valence-electron chi connectivity index (χ4n) is 3.74. The monoisotopic (exact) mass is 346 g/mol. The van der Waals surface area contributed by atoms with Crippen molar-refractivity contribution in [1.82, 2.24) is 0 Å². The molecule has 2 aliphatic rings. The fourth-order valence-corrected chi connectivity index (χ4v) is 4.20. The van der Waals surface area contributed by atoms with Crippen LogP contribution >= 0.6 is 0 Å². The van der Waals surface area contributed by atoms with Crippen molar-refractivity contribution in [1.29, 1.82) is 0 Å². The second kappa shape index (κ2) is 5.46. The van der Waals surface area contributed by atoms with Crippen molar-refractivity contribution in [3.05, 3.63) is 46.2 Å². The molecule has 126 valence electrons. The summed E-state index contributed by atoms with van der Waals surface area (Å²) in [6.07, 6.45) is 6.19. The summed E-state index contributed by atoms with van der Waals surface area (Å²) in [6.45, 7) is 0. The van der Waals surface area contributed by atoms with Gasteiger partial charge in [-0.2, -0.15) is 0 Å². The van der Waals surface area contributed by atoms with E-state index in [9.17, 15) is 13.2 Å². The first-order valence-corrected chi connectivity index (χ1v) is 9.58. The van der Waals surface area contributed by atoms with Gasteiger partial charge in [0.2, 0.25) is 5.09 Å². The maximum atomic E-state index is 12.5. The lowest BCUT2D eigenvalue weighted by Crippen LogP contribution is -2.15. The number of rotatable bonds is 3. The van der Waals surface area contributed by atoms with Crippen molar-refractivity contribution >= 4 is 21.6 Å². The molecule has 1 aromatic heterocycles. The molecule has 2 aromatic rings. The predicted molar refractivity (Wildman–Crippen MR) is 88.5 cm³/mol. The highest BCUT2D eigenvalue weighted by Crippen LogP contribution is 2.38. The summed E-state index contributed by atoms with van der Waals surface area (Å²) in [5.41, 5.74) is 5.95. The molecule has 0 saturated carbocycles. The van der Waals surface area contributed by atoms with Gasteiger partial charge in [-0.25, -0.2) is 13.6 Å². The van der Waals surface area contributed by atoms with Gasteiger partial charge in [-0.3, -0.25) is 4.79 Å². The van der Waals surface area contributed by atoms with Gasteiger partial charge in [-0.15, -0.1) is 0 Å². The highest BCUT2D eigenvalue weighted by atomic mass is 32.2. The van der Waals surface area contributed by atoms with E-state index in [1.54, 1.807) is 0 Å². The van der Waals surface area contributed by atoms with Gasteiger partial charge >= 0.3 is 0 Å². The van der Waals surface area contributed by atoms with Crippen LogP contribution in [0.2, 0.25) is 0 Å². The van der Waals surface area contributed by atoms with E-state index in [0.717, 1.165) is 44.2 Å². The summed E-state index contributed by atoms with van der Waals surface area (Å²) in [6, 6.07) is 4.81. The van der Waals surface area contributed by atoms with E-state index in [-0.39, 0.29) is 5.76 Å². The number of hydrogen-bond donors (Lipinski definition) is 2. The Morgan fingerprint density at radius 1 is 1.04 bits per heavy atom. The third-order valence-electron chi connectivity index (χ3n) is 4.80. The summed E-state index contributed by atoms with van der Waals surface area (Å²) in [5, 5.41) is 7.57. The first-order valence-electron chi connectivity index (χ1n) is 8.04. The Bertz CT molecular complexity index is 911. The van der Waals surface area contributed by atoms with E-state index < -0.39 is 21.0 Å². The van der Waals surface area contributed by atoms with Crippen LogP contribution in [-0.4, -0.2) is 14.3 Å². The third-order valence-corrected chi connectivity index (χ3v) is 5.58.